The molecule has 0 radical (unpaired) electrons. The highest BCUT2D eigenvalue weighted by molar-refractivity contribution is 6.13. The van der Waals surface area contributed by atoms with E-state index in [1.807, 2.05) is 85.1 Å². The Bertz CT molecular complexity index is 4540. The van der Waals surface area contributed by atoms with Crippen LogP contribution < -0.4 is 20.2 Å². The molecule has 5 aromatic heterocycles. The van der Waals surface area contributed by atoms with Crippen molar-refractivity contribution in [1.82, 2.24) is 18.5 Å². The molecular formula is C68H57N5O3. The summed E-state index contributed by atoms with van der Waals surface area (Å²) in [5.74, 6) is 2.14. The number of pyridine rings is 3. The van der Waals surface area contributed by atoms with Crippen LogP contribution in [-0.4, -0.2) is 18.5 Å². The molecule has 76 heavy (non-hydrogen) atoms. The SMILES string of the molecule is CC(C)(C)c1cc(-[n+]2[c-]n(-c3cccc(Oc4ccc5c6cc(-c7cc8c(=O)c9ccccc9n9c%10ccccc%10c(=O)c(c7)c89)ccc6n(-c6cc(C(C)(C)C)ccn6)c5c4)c3)c3ccccc32)cc(C(C)(C)C)c1. The van der Waals surface area contributed by atoms with Gasteiger partial charge in [0.25, 0.3) is 6.33 Å². The summed E-state index contributed by atoms with van der Waals surface area (Å²) in [4.78, 5) is 33.9. The van der Waals surface area contributed by atoms with Crippen LogP contribution in [0.25, 0.3) is 99.3 Å². The average Bonchev–Trinajstić information content (AvgIpc) is 3.97. The van der Waals surface area contributed by atoms with E-state index in [0.717, 1.165) is 77.8 Å². The quantitative estimate of drug-likeness (QED) is 0.0720. The summed E-state index contributed by atoms with van der Waals surface area (Å²) in [6.07, 6.45) is 5.62. The lowest BCUT2D eigenvalue weighted by Crippen LogP contribution is -2.31. The average molecular weight is 992 g/mol. The predicted molar refractivity (Wildman–Crippen MR) is 311 cm³/mol. The van der Waals surface area contributed by atoms with Gasteiger partial charge in [0.2, 0.25) is 0 Å². The summed E-state index contributed by atoms with van der Waals surface area (Å²) in [5.41, 5.74) is 13.1. The first-order valence-electron chi connectivity index (χ1n) is 26.1. The van der Waals surface area contributed by atoms with Crippen molar-refractivity contribution in [3.05, 3.63) is 226 Å². The Labute approximate surface area is 440 Å². The van der Waals surface area contributed by atoms with Crippen LogP contribution in [0.2, 0.25) is 0 Å². The molecule has 372 valence electrons. The van der Waals surface area contributed by atoms with Gasteiger partial charge in [-0.25, -0.2) is 4.98 Å². The van der Waals surface area contributed by atoms with Gasteiger partial charge in [0, 0.05) is 44.6 Å². The second kappa shape index (κ2) is 16.8. The number of fused-ring (bicyclic) bond motifs is 8. The van der Waals surface area contributed by atoms with Crippen molar-refractivity contribution in [3.8, 4) is 39.8 Å². The molecule has 0 atom stereocenters. The van der Waals surface area contributed by atoms with Crippen LogP contribution in [0.1, 0.15) is 79.0 Å². The minimum atomic E-state index is -0.116. The van der Waals surface area contributed by atoms with Gasteiger partial charge < -0.3 is 9.14 Å². The molecule has 5 heterocycles. The molecule has 0 N–H and O–H groups in total. The lowest BCUT2D eigenvalue weighted by molar-refractivity contribution is -0.572. The van der Waals surface area contributed by atoms with Gasteiger partial charge in [-0.3, -0.25) is 23.3 Å². The number of imidazole rings is 1. The van der Waals surface area contributed by atoms with E-state index in [1.54, 1.807) is 0 Å². The fraction of sp³-hybridized carbons (Fsp3) is 0.176. The first kappa shape index (κ1) is 46.9. The summed E-state index contributed by atoms with van der Waals surface area (Å²) in [6.45, 7) is 20.2. The molecule has 0 spiro atoms. The molecule has 0 saturated carbocycles. The molecule has 0 bridgehead atoms. The van der Waals surface area contributed by atoms with Crippen molar-refractivity contribution in [1.29, 1.82) is 0 Å². The first-order chi connectivity index (χ1) is 36.4. The van der Waals surface area contributed by atoms with Crippen molar-refractivity contribution in [2.45, 2.75) is 78.6 Å². The van der Waals surface area contributed by atoms with Gasteiger partial charge >= 0.3 is 0 Å². The minimum absolute atomic E-state index is 0.0392. The molecule has 0 aliphatic rings. The molecule has 8 heteroatoms. The van der Waals surface area contributed by atoms with Crippen molar-refractivity contribution in [2.24, 2.45) is 0 Å². The zero-order chi connectivity index (χ0) is 52.6. The Hall–Kier alpha value is -8.88. The molecule has 13 aromatic rings. The van der Waals surface area contributed by atoms with Crippen molar-refractivity contribution < 1.29 is 9.30 Å². The molecule has 0 amide bonds. The van der Waals surface area contributed by atoms with Gasteiger partial charge in [-0.2, -0.15) is 0 Å². The van der Waals surface area contributed by atoms with E-state index in [-0.39, 0.29) is 27.1 Å². The van der Waals surface area contributed by atoms with Crippen molar-refractivity contribution >= 4 is 70.9 Å². The monoisotopic (exact) mass is 991 g/mol. The molecule has 0 unspecified atom stereocenters. The molecule has 0 saturated heterocycles. The molecule has 0 fully saturated rings. The summed E-state index contributed by atoms with van der Waals surface area (Å²) < 4.78 is 15.4. The third kappa shape index (κ3) is 7.57. The standard InChI is InChI=1S/C68H57N5O3/c1-66(2,3)43-29-30-69-62(37-43)72-58-28-25-41(42-32-54-63-55(33-42)65(75)52-20-11-13-22-57(52)73(63)56-21-12-10-19-51(56)64(54)74)31-53(58)50-27-26-49(39-61(50)72)76-48-18-16-17-46(38-48)70-40-71(60-24-15-14-23-59(60)70)47-35-44(67(4,5)6)34-45(36-47)68(7,8)9/h10-39H,1-9H3. The molecule has 8 nitrogen and oxygen atoms in total. The number of aromatic nitrogens is 5. The van der Waals surface area contributed by atoms with E-state index >= 15 is 0 Å². The third-order valence-corrected chi connectivity index (χ3v) is 15.3. The Kier molecular flexibility index (Phi) is 10.4. The summed E-state index contributed by atoms with van der Waals surface area (Å²) in [6, 6.07) is 59.7. The highest BCUT2D eigenvalue weighted by Crippen LogP contribution is 2.40. The van der Waals surface area contributed by atoms with Gasteiger partial charge in [0.15, 0.2) is 10.9 Å². The number of para-hydroxylation sites is 4. The van der Waals surface area contributed by atoms with E-state index < -0.39 is 0 Å². The van der Waals surface area contributed by atoms with Gasteiger partial charge in [-0.1, -0.05) is 129 Å². The predicted octanol–water partition coefficient (Wildman–Crippen LogP) is 15.4. The van der Waals surface area contributed by atoms with Gasteiger partial charge in [0.1, 0.15) is 17.3 Å². The van der Waals surface area contributed by atoms with E-state index in [0.29, 0.717) is 38.6 Å². The van der Waals surface area contributed by atoms with Gasteiger partial charge in [-0.15, -0.1) is 0 Å². The largest absolute Gasteiger partial charge is 0.458 e. The third-order valence-electron chi connectivity index (χ3n) is 15.3. The zero-order valence-corrected chi connectivity index (χ0v) is 44.3. The van der Waals surface area contributed by atoms with Crippen molar-refractivity contribution in [3.63, 3.8) is 0 Å². The minimum Gasteiger partial charge on any atom is -0.458 e. The lowest BCUT2D eigenvalue weighted by Gasteiger charge is -2.26. The molecule has 8 aromatic carbocycles. The number of hydrogen-bond donors (Lipinski definition) is 0. The van der Waals surface area contributed by atoms with Gasteiger partial charge in [-0.05, 0) is 147 Å². The molecular weight excluding hydrogens is 935 g/mol. The van der Waals surface area contributed by atoms with E-state index in [9.17, 15) is 9.59 Å². The van der Waals surface area contributed by atoms with E-state index in [1.165, 1.54) is 11.1 Å². The van der Waals surface area contributed by atoms with Crippen LogP contribution in [0.5, 0.6) is 11.5 Å². The summed E-state index contributed by atoms with van der Waals surface area (Å²) >= 11 is 0. The normalized spacial score (nSPS) is 12.6. The lowest BCUT2D eigenvalue weighted by atomic mass is 9.80. The topological polar surface area (TPSA) is 74.4 Å². The maximum absolute atomic E-state index is 14.5. The maximum Gasteiger partial charge on any atom is 0.269 e. The zero-order valence-electron chi connectivity index (χ0n) is 44.3. The Morgan fingerprint density at radius 3 is 1.72 bits per heavy atom. The second-order valence-electron chi connectivity index (χ2n) is 23.5. The number of rotatable bonds is 6. The summed E-state index contributed by atoms with van der Waals surface area (Å²) in [5, 5.41) is 4.22. The summed E-state index contributed by atoms with van der Waals surface area (Å²) in [7, 11) is 0. The highest BCUT2D eigenvalue weighted by Gasteiger charge is 2.25. The highest BCUT2D eigenvalue weighted by atomic mass is 16.5. The van der Waals surface area contributed by atoms with Crippen LogP contribution in [0.15, 0.2) is 192 Å². The fourth-order valence-corrected chi connectivity index (χ4v) is 11.1. The van der Waals surface area contributed by atoms with Crippen molar-refractivity contribution in [2.75, 3.05) is 0 Å². The van der Waals surface area contributed by atoms with Gasteiger partial charge in [0.05, 0.1) is 50.0 Å². The Balaban J connectivity index is 0.947. The second-order valence-corrected chi connectivity index (χ2v) is 23.5. The maximum atomic E-state index is 14.5. The number of nitrogens with zero attached hydrogens (tertiary/aromatic N) is 5. The molecule has 0 aliphatic heterocycles. The Morgan fingerprint density at radius 1 is 0.461 bits per heavy atom. The molecule has 0 aliphatic carbocycles. The smallest absolute Gasteiger partial charge is 0.269 e. The number of ether oxygens (including phenoxy) is 1. The van der Waals surface area contributed by atoms with Crippen LogP contribution in [-0.2, 0) is 16.2 Å². The first-order valence-corrected chi connectivity index (χ1v) is 26.1. The Morgan fingerprint density at radius 2 is 1.07 bits per heavy atom. The van der Waals surface area contributed by atoms with Crippen LogP contribution >= 0.6 is 0 Å². The fourth-order valence-electron chi connectivity index (χ4n) is 11.1. The van der Waals surface area contributed by atoms with E-state index in [2.05, 4.69) is 184 Å². The van der Waals surface area contributed by atoms with E-state index in [4.69, 9.17) is 9.72 Å². The molecule has 13 rings (SSSR count). The number of benzene rings is 8. The van der Waals surface area contributed by atoms with Crippen LogP contribution in [0.4, 0.5) is 0 Å². The van der Waals surface area contributed by atoms with Crippen LogP contribution in [0.3, 0.4) is 0 Å². The van der Waals surface area contributed by atoms with Crippen LogP contribution in [0, 0.1) is 6.33 Å². The number of hydrogen-bond acceptors (Lipinski definition) is 4.